The molecule has 0 aliphatic carbocycles. The molecule has 2 aromatic carbocycles. The van der Waals surface area contributed by atoms with Crippen molar-refractivity contribution in [2.24, 2.45) is 0 Å². The number of aromatic nitrogens is 1. The number of amides is 1. The van der Waals surface area contributed by atoms with Crippen LogP contribution in [-0.4, -0.2) is 49.3 Å². The van der Waals surface area contributed by atoms with Crippen molar-refractivity contribution in [3.63, 3.8) is 0 Å². The molecule has 1 aromatic heterocycles. The molecule has 7 nitrogen and oxygen atoms in total. The summed E-state index contributed by atoms with van der Waals surface area (Å²) in [5.74, 6) is 0.841. The van der Waals surface area contributed by atoms with Crippen LogP contribution in [0.25, 0.3) is 10.9 Å². The monoisotopic (exact) mass is 422 g/mol. The van der Waals surface area contributed by atoms with Crippen LogP contribution < -0.4 is 15.0 Å². The lowest BCUT2D eigenvalue weighted by molar-refractivity contribution is 0.0506. The van der Waals surface area contributed by atoms with Gasteiger partial charge < -0.3 is 24.1 Å². The van der Waals surface area contributed by atoms with Gasteiger partial charge in [-0.15, -0.1) is 0 Å². The molecule has 0 saturated carbocycles. The number of carbonyl (C=O) groups excluding carboxylic acids is 1. The van der Waals surface area contributed by atoms with Crippen LogP contribution in [-0.2, 0) is 11.3 Å². The molecule has 1 saturated heterocycles. The molecule has 1 aliphatic heterocycles. The predicted octanol–water partition coefficient (Wildman–Crippen LogP) is 3.37. The number of aromatic amines is 1. The lowest BCUT2D eigenvalue weighted by Crippen LogP contribution is -2.38. The number of nitrogens with zero attached hydrogens (tertiary/aromatic N) is 1. The second-order valence-corrected chi connectivity index (χ2v) is 7.60. The fraction of sp³-hybridized carbons (Fsp3) is 0.333. The molecule has 1 N–H and O–H groups in total. The third-order valence-corrected chi connectivity index (χ3v) is 5.56. The third kappa shape index (κ3) is 4.56. The molecule has 162 valence electrons. The number of fused-ring (bicyclic) bond motifs is 1. The van der Waals surface area contributed by atoms with Crippen LogP contribution in [0.15, 0.2) is 53.3 Å². The zero-order chi connectivity index (χ0) is 21.8. The van der Waals surface area contributed by atoms with Crippen molar-refractivity contribution in [1.29, 1.82) is 0 Å². The number of pyridine rings is 1. The fourth-order valence-electron chi connectivity index (χ4n) is 3.92. The Bertz CT molecular complexity index is 1130. The molecular formula is C24H26N2O5. The number of nitrogens with one attached hydrogen (secondary N) is 1. The van der Waals surface area contributed by atoms with Gasteiger partial charge in [0.2, 0.25) is 0 Å². The Morgan fingerprint density at radius 1 is 1.13 bits per heavy atom. The number of H-pyrrole nitrogens is 1. The highest BCUT2D eigenvalue weighted by Gasteiger charge is 2.25. The standard InChI is InChI=1S/C24H26N2O5/c1-29-21-10-9-17(13-22(21)30-2)24(28)26(15-19-7-5-11-31-19)14-18-12-16-6-3-4-8-20(16)25-23(18)27/h3-4,6,8-10,12-13,19H,5,7,11,14-15H2,1-2H3,(H,25,27). The Morgan fingerprint density at radius 3 is 2.68 bits per heavy atom. The lowest BCUT2D eigenvalue weighted by Gasteiger charge is -2.26. The number of hydrogen-bond donors (Lipinski definition) is 1. The van der Waals surface area contributed by atoms with Crippen LogP contribution in [0.2, 0.25) is 0 Å². The Balaban J connectivity index is 1.66. The minimum absolute atomic E-state index is 0.0383. The summed E-state index contributed by atoms with van der Waals surface area (Å²) in [5, 5.41) is 0.924. The summed E-state index contributed by atoms with van der Waals surface area (Å²) >= 11 is 0. The number of methoxy groups -OCH3 is 2. The van der Waals surface area contributed by atoms with E-state index in [1.165, 1.54) is 7.11 Å². The zero-order valence-corrected chi connectivity index (χ0v) is 17.7. The summed E-state index contributed by atoms with van der Waals surface area (Å²) < 4.78 is 16.4. The zero-order valence-electron chi connectivity index (χ0n) is 17.7. The topological polar surface area (TPSA) is 80.9 Å². The van der Waals surface area contributed by atoms with Gasteiger partial charge in [-0.2, -0.15) is 0 Å². The first-order chi connectivity index (χ1) is 15.1. The maximum atomic E-state index is 13.4. The molecule has 1 aliphatic rings. The Kier molecular flexibility index (Phi) is 6.23. The second kappa shape index (κ2) is 9.22. The van der Waals surface area contributed by atoms with E-state index < -0.39 is 0 Å². The van der Waals surface area contributed by atoms with Gasteiger partial charge in [-0.3, -0.25) is 9.59 Å². The molecular weight excluding hydrogens is 396 g/mol. The highest BCUT2D eigenvalue weighted by molar-refractivity contribution is 5.95. The van der Waals surface area contributed by atoms with E-state index in [4.69, 9.17) is 14.2 Å². The van der Waals surface area contributed by atoms with E-state index in [-0.39, 0.29) is 24.1 Å². The second-order valence-electron chi connectivity index (χ2n) is 7.60. The molecule has 4 rings (SSSR count). The first kappa shape index (κ1) is 20.9. The first-order valence-electron chi connectivity index (χ1n) is 10.3. The normalized spacial score (nSPS) is 15.7. The van der Waals surface area contributed by atoms with E-state index in [9.17, 15) is 9.59 Å². The number of benzene rings is 2. The van der Waals surface area contributed by atoms with Gasteiger partial charge in [0.15, 0.2) is 11.5 Å². The van der Waals surface area contributed by atoms with Crippen LogP contribution in [0.5, 0.6) is 11.5 Å². The molecule has 31 heavy (non-hydrogen) atoms. The molecule has 7 heteroatoms. The Labute approximate surface area is 180 Å². The Hall–Kier alpha value is -3.32. The molecule has 0 radical (unpaired) electrons. The number of carbonyl (C=O) groups is 1. The van der Waals surface area contributed by atoms with Gasteiger partial charge in [-0.25, -0.2) is 0 Å². The van der Waals surface area contributed by atoms with E-state index >= 15 is 0 Å². The van der Waals surface area contributed by atoms with Crippen LogP contribution in [0.1, 0.15) is 28.8 Å². The summed E-state index contributed by atoms with van der Waals surface area (Å²) in [4.78, 5) is 30.7. The molecule has 1 atom stereocenters. The van der Waals surface area contributed by atoms with Gasteiger partial charge in [-0.1, -0.05) is 18.2 Å². The maximum absolute atomic E-state index is 13.4. The highest BCUT2D eigenvalue weighted by Crippen LogP contribution is 2.28. The van der Waals surface area contributed by atoms with Crippen LogP contribution in [0.3, 0.4) is 0 Å². The molecule has 0 bridgehead atoms. The van der Waals surface area contributed by atoms with E-state index in [1.807, 2.05) is 30.3 Å². The summed E-state index contributed by atoms with van der Waals surface area (Å²) in [6, 6.07) is 14.5. The SMILES string of the molecule is COc1ccc(C(=O)N(Cc2cc3ccccc3[nH]c2=O)CC2CCCO2)cc1OC. The van der Waals surface area contributed by atoms with Gasteiger partial charge in [-0.05, 0) is 48.6 Å². The van der Waals surface area contributed by atoms with Crippen LogP contribution in [0.4, 0.5) is 0 Å². The summed E-state index contributed by atoms with van der Waals surface area (Å²) in [5.41, 5.74) is 1.57. The number of hydrogen-bond acceptors (Lipinski definition) is 5. The fourth-order valence-corrected chi connectivity index (χ4v) is 3.92. The molecule has 2 heterocycles. The van der Waals surface area contributed by atoms with Crippen molar-refractivity contribution < 1.29 is 19.0 Å². The van der Waals surface area contributed by atoms with E-state index in [1.54, 1.807) is 30.2 Å². The summed E-state index contributed by atoms with van der Waals surface area (Å²) in [6.07, 6.45) is 1.83. The van der Waals surface area contributed by atoms with Gasteiger partial charge in [0.25, 0.3) is 11.5 Å². The largest absolute Gasteiger partial charge is 0.493 e. The van der Waals surface area contributed by atoms with Crippen LogP contribution >= 0.6 is 0 Å². The van der Waals surface area contributed by atoms with Crippen molar-refractivity contribution in [1.82, 2.24) is 9.88 Å². The van der Waals surface area contributed by atoms with Crippen molar-refractivity contribution in [3.8, 4) is 11.5 Å². The maximum Gasteiger partial charge on any atom is 0.254 e. The van der Waals surface area contributed by atoms with Gasteiger partial charge >= 0.3 is 0 Å². The predicted molar refractivity (Wildman–Crippen MR) is 118 cm³/mol. The van der Waals surface area contributed by atoms with Crippen molar-refractivity contribution >= 4 is 16.8 Å². The quantitative estimate of drug-likeness (QED) is 0.631. The van der Waals surface area contributed by atoms with Crippen molar-refractivity contribution in [3.05, 3.63) is 70.0 Å². The third-order valence-electron chi connectivity index (χ3n) is 5.56. The van der Waals surface area contributed by atoms with E-state index in [0.717, 1.165) is 23.7 Å². The minimum Gasteiger partial charge on any atom is -0.493 e. The molecule has 0 spiro atoms. The van der Waals surface area contributed by atoms with Crippen molar-refractivity contribution in [2.45, 2.75) is 25.5 Å². The average Bonchev–Trinajstić information content (AvgIpc) is 3.31. The lowest BCUT2D eigenvalue weighted by atomic mass is 10.1. The Morgan fingerprint density at radius 2 is 1.94 bits per heavy atom. The van der Waals surface area contributed by atoms with E-state index in [2.05, 4.69) is 4.98 Å². The van der Waals surface area contributed by atoms with Gasteiger partial charge in [0.05, 0.1) is 26.9 Å². The number of ether oxygens (including phenoxy) is 3. The molecule has 1 fully saturated rings. The minimum atomic E-state index is -0.198. The number of para-hydroxylation sites is 1. The highest BCUT2D eigenvalue weighted by atomic mass is 16.5. The smallest absolute Gasteiger partial charge is 0.254 e. The first-order valence-corrected chi connectivity index (χ1v) is 10.3. The van der Waals surface area contributed by atoms with Crippen LogP contribution in [0, 0.1) is 0 Å². The van der Waals surface area contributed by atoms with E-state index in [0.29, 0.717) is 35.8 Å². The summed E-state index contributed by atoms with van der Waals surface area (Å²) in [7, 11) is 3.08. The number of rotatable bonds is 7. The molecule has 1 unspecified atom stereocenters. The van der Waals surface area contributed by atoms with Gasteiger partial charge in [0, 0.05) is 29.8 Å². The van der Waals surface area contributed by atoms with Crippen molar-refractivity contribution in [2.75, 3.05) is 27.4 Å². The molecule has 3 aromatic rings. The average molecular weight is 422 g/mol. The molecule has 1 amide bonds. The van der Waals surface area contributed by atoms with Gasteiger partial charge in [0.1, 0.15) is 0 Å². The summed E-state index contributed by atoms with van der Waals surface area (Å²) in [6.45, 7) is 1.30.